The highest BCUT2D eigenvalue weighted by Crippen LogP contribution is 2.54. The number of rotatable bonds is 3. The number of ether oxygens (including phenoxy) is 5. The number of para-hydroxylation sites is 3. The molecule has 0 bridgehead atoms. The summed E-state index contributed by atoms with van der Waals surface area (Å²) in [6.45, 7) is 8.55. The number of hydrogen-bond acceptors (Lipinski definition) is 9. The molecule has 1 unspecified atom stereocenters. The van der Waals surface area contributed by atoms with Crippen LogP contribution < -0.4 is 19.1 Å². The maximum Gasteiger partial charge on any atom is 0.270 e. The Balaban J connectivity index is 1.24. The summed E-state index contributed by atoms with van der Waals surface area (Å²) in [6, 6.07) is 19.1. The van der Waals surface area contributed by atoms with Gasteiger partial charge >= 0.3 is 0 Å². The molecular weight excluding hydrogens is 562 g/mol. The zero-order chi connectivity index (χ0) is 30.7. The van der Waals surface area contributed by atoms with Crippen molar-refractivity contribution in [2.45, 2.75) is 31.5 Å². The van der Waals surface area contributed by atoms with Crippen molar-refractivity contribution in [3.05, 3.63) is 93.5 Å². The minimum absolute atomic E-state index is 0.0324. The Morgan fingerprint density at radius 3 is 2.14 bits per heavy atom. The van der Waals surface area contributed by atoms with Crippen molar-refractivity contribution in [1.82, 2.24) is 4.90 Å². The summed E-state index contributed by atoms with van der Waals surface area (Å²) in [6.07, 6.45) is 4.01. The van der Waals surface area contributed by atoms with Gasteiger partial charge < -0.3 is 28.6 Å². The van der Waals surface area contributed by atoms with E-state index in [2.05, 4.69) is 35.8 Å². The first-order chi connectivity index (χ1) is 21.3. The van der Waals surface area contributed by atoms with Crippen LogP contribution in [0, 0.1) is 10.1 Å². The van der Waals surface area contributed by atoms with Crippen LogP contribution in [0.15, 0.2) is 66.7 Å². The highest BCUT2D eigenvalue weighted by Gasteiger charge is 2.57. The zero-order valence-corrected chi connectivity index (χ0v) is 25.5. The highest BCUT2D eigenvalue weighted by atomic mass is 16.6. The van der Waals surface area contributed by atoms with E-state index in [0.29, 0.717) is 82.1 Å². The topological polar surface area (TPSA) is 95.8 Å². The second-order valence-electron chi connectivity index (χ2n) is 11.8. The lowest BCUT2D eigenvalue weighted by atomic mass is 9.76. The number of anilines is 1. The molecule has 1 spiro atoms. The van der Waals surface area contributed by atoms with Crippen LogP contribution in [0.25, 0.3) is 6.08 Å². The second kappa shape index (κ2) is 12.5. The lowest BCUT2D eigenvalue weighted by molar-refractivity contribution is -0.385. The van der Waals surface area contributed by atoms with Gasteiger partial charge in [-0.3, -0.25) is 15.0 Å². The lowest BCUT2D eigenvalue weighted by Crippen LogP contribution is -2.58. The zero-order valence-electron chi connectivity index (χ0n) is 25.5. The van der Waals surface area contributed by atoms with Gasteiger partial charge in [0.05, 0.1) is 36.8 Å². The molecule has 10 nitrogen and oxygen atoms in total. The predicted octanol–water partition coefficient (Wildman–Crippen LogP) is 5.43. The molecule has 3 aliphatic rings. The maximum absolute atomic E-state index is 12.0. The fourth-order valence-electron chi connectivity index (χ4n) is 6.37. The monoisotopic (exact) mass is 601 g/mol. The molecule has 6 rings (SSSR count). The van der Waals surface area contributed by atoms with Crippen LogP contribution in [0.4, 0.5) is 11.4 Å². The maximum atomic E-state index is 12.0. The summed E-state index contributed by atoms with van der Waals surface area (Å²) >= 11 is 0. The third kappa shape index (κ3) is 5.60. The van der Waals surface area contributed by atoms with Gasteiger partial charge in [-0.1, -0.05) is 30.3 Å². The van der Waals surface area contributed by atoms with Crippen LogP contribution in [-0.2, 0) is 21.4 Å². The molecule has 0 fully saturated rings. The number of hydrogen-bond donors (Lipinski definition) is 0. The molecule has 3 aromatic rings. The minimum Gasteiger partial charge on any atom is -0.487 e. The molecule has 0 N–H and O–H groups in total. The molecule has 0 amide bonds. The van der Waals surface area contributed by atoms with Crippen molar-refractivity contribution in [3.63, 3.8) is 0 Å². The molecule has 0 radical (unpaired) electrons. The summed E-state index contributed by atoms with van der Waals surface area (Å²) in [5, 5.41) is 12.0. The third-order valence-electron chi connectivity index (χ3n) is 8.79. The van der Waals surface area contributed by atoms with E-state index in [0.717, 1.165) is 11.3 Å². The molecule has 44 heavy (non-hydrogen) atoms. The molecule has 1 atom stereocenters. The van der Waals surface area contributed by atoms with E-state index in [1.165, 1.54) is 5.56 Å². The van der Waals surface area contributed by atoms with Crippen LogP contribution in [-0.4, -0.2) is 75.3 Å². The largest absolute Gasteiger partial charge is 0.487 e. The molecular formula is C34H39N3O7. The molecule has 10 heteroatoms. The Morgan fingerprint density at radius 1 is 0.864 bits per heavy atom. The molecule has 232 valence electrons. The van der Waals surface area contributed by atoms with Gasteiger partial charge in [-0.05, 0) is 49.8 Å². The van der Waals surface area contributed by atoms with Gasteiger partial charge in [-0.2, -0.15) is 0 Å². The molecule has 0 aromatic heterocycles. The van der Waals surface area contributed by atoms with Crippen LogP contribution in [0.1, 0.15) is 30.5 Å². The number of nitro groups is 1. The SMILES string of the molecule is CN1c2ccccc2C(C)(C)C12C=Cc1cc([N+](=O)[O-])cc(CN3CCOCCOc4ccccc4OCCOCC3)c1O2. The summed E-state index contributed by atoms with van der Waals surface area (Å²) in [5.74, 6) is 2.01. The summed E-state index contributed by atoms with van der Waals surface area (Å²) in [5.41, 5.74) is 2.58. The van der Waals surface area contributed by atoms with Crippen molar-refractivity contribution in [3.8, 4) is 17.2 Å². The van der Waals surface area contributed by atoms with Gasteiger partial charge in [0.1, 0.15) is 19.0 Å². The van der Waals surface area contributed by atoms with Gasteiger partial charge in [0.2, 0.25) is 5.72 Å². The molecule has 3 aromatic carbocycles. The number of likely N-dealkylation sites (N-methyl/N-ethyl adjacent to an activating group) is 1. The first kappa shape index (κ1) is 29.9. The van der Waals surface area contributed by atoms with Gasteiger partial charge in [0, 0.05) is 55.6 Å². The summed E-state index contributed by atoms with van der Waals surface area (Å²) in [7, 11) is 2.04. The van der Waals surface area contributed by atoms with E-state index in [1.54, 1.807) is 12.1 Å². The predicted molar refractivity (Wildman–Crippen MR) is 168 cm³/mol. The Kier molecular flexibility index (Phi) is 8.48. The third-order valence-corrected chi connectivity index (χ3v) is 8.79. The van der Waals surface area contributed by atoms with Crippen molar-refractivity contribution in [1.29, 1.82) is 0 Å². The van der Waals surface area contributed by atoms with Gasteiger partial charge in [-0.25, -0.2) is 0 Å². The van der Waals surface area contributed by atoms with Crippen molar-refractivity contribution in [2.75, 3.05) is 64.7 Å². The smallest absolute Gasteiger partial charge is 0.270 e. The Hall–Kier alpha value is -4.12. The van der Waals surface area contributed by atoms with Crippen molar-refractivity contribution >= 4 is 17.5 Å². The first-order valence-corrected chi connectivity index (χ1v) is 15.1. The number of fused-ring (bicyclic) bond motifs is 3. The van der Waals surface area contributed by atoms with E-state index >= 15 is 0 Å². The van der Waals surface area contributed by atoms with Crippen LogP contribution >= 0.6 is 0 Å². The van der Waals surface area contributed by atoms with Gasteiger partial charge in [-0.15, -0.1) is 0 Å². The Labute approximate surface area is 257 Å². The number of nitrogens with zero attached hydrogens (tertiary/aromatic N) is 3. The van der Waals surface area contributed by atoms with Crippen molar-refractivity contribution in [2.24, 2.45) is 0 Å². The highest BCUT2D eigenvalue weighted by molar-refractivity contribution is 5.73. The molecule has 0 saturated heterocycles. The molecule has 0 aliphatic carbocycles. The summed E-state index contributed by atoms with van der Waals surface area (Å²) < 4.78 is 30.6. The van der Waals surface area contributed by atoms with E-state index in [9.17, 15) is 10.1 Å². The summed E-state index contributed by atoms with van der Waals surface area (Å²) in [4.78, 5) is 16.0. The van der Waals surface area contributed by atoms with Crippen molar-refractivity contribution < 1.29 is 28.6 Å². The van der Waals surface area contributed by atoms with Gasteiger partial charge in [0.15, 0.2) is 11.5 Å². The molecule has 3 heterocycles. The lowest BCUT2D eigenvalue weighted by Gasteiger charge is -2.46. The normalized spacial score (nSPS) is 21.9. The molecule has 3 aliphatic heterocycles. The van der Waals surface area contributed by atoms with Crippen LogP contribution in [0.5, 0.6) is 17.2 Å². The average Bonchev–Trinajstić information content (AvgIpc) is 3.17. The number of benzene rings is 3. The quantitative estimate of drug-likeness (QED) is 0.288. The fourth-order valence-corrected chi connectivity index (χ4v) is 6.37. The minimum atomic E-state index is -0.796. The number of non-ortho nitro benzene ring substituents is 1. The first-order valence-electron chi connectivity index (χ1n) is 15.1. The fraction of sp³-hybridized carbons (Fsp3) is 0.412. The van der Waals surface area contributed by atoms with E-state index in [4.69, 9.17) is 23.7 Å². The van der Waals surface area contributed by atoms with Gasteiger partial charge in [0.25, 0.3) is 5.69 Å². The Bertz CT molecular complexity index is 1510. The molecule has 0 saturated carbocycles. The Morgan fingerprint density at radius 2 is 1.50 bits per heavy atom. The van der Waals surface area contributed by atoms with Crippen LogP contribution in [0.3, 0.4) is 0 Å². The van der Waals surface area contributed by atoms with Crippen LogP contribution in [0.2, 0.25) is 0 Å². The van der Waals surface area contributed by atoms with E-state index in [1.807, 2.05) is 55.6 Å². The van der Waals surface area contributed by atoms with E-state index < -0.39 is 5.72 Å². The number of nitro benzene ring substituents is 1. The van der Waals surface area contributed by atoms with E-state index in [-0.39, 0.29) is 16.0 Å². The second-order valence-corrected chi connectivity index (χ2v) is 11.8. The standard InChI is InChI=1S/C34H39N3O7/c1-33(2)28-8-4-5-9-29(28)35(3)34(33)13-12-25-22-27(37(38)39)23-26(32(25)44-34)24-36-14-16-40-18-20-42-30-10-6-7-11-31(30)43-21-19-41-17-15-36/h4-13,22-23H,14-21,24H2,1-3H3. The average molecular weight is 602 g/mol.